The van der Waals surface area contributed by atoms with E-state index in [0.29, 0.717) is 10.5 Å². The molecule has 1 aromatic heterocycles. The Morgan fingerprint density at radius 1 is 1.12 bits per heavy atom. The average molecular weight is 339 g/mol. The van der Waals surface area contributed by atoms with E-state index in [1.54, 1.807) is 0 Å². The first-order valence-electron chi connectivity index (χ1n) is 8.21. The second kappa shape index (κ2) is 6.20. The smallest absolute Gasteiger partial charge is 0.326 e. The maximum Gasteiger partial charge on any atom is 0.326 e. The van der Waals surface area contributed by atoms with Crippen molar-refractivity contribution in [3.63, 3.8) is 0 Å². The zero-order valence-corrected chi connectivity index (χ0v) is 14.1. The van der Waals surface area contributed by atoms with Gasteiger partial charge in [0, 0.05) is 5.22 Å². The summed E-state index contributed by atoms with van der Waals surface area (Å²) in [7, 11) is 0. The van der Waals surface area contributed by atoms with Gasteiger partial charge >= 0.3 is 5.84 Å². The third-order valence-electron chi connectivity index (χ3n) is 4.42. The molecule has 3 heterocycles. The fraction of sp³-hybridized carbons (Fsp3) is 0.278. The Hall–Kier alpha value is -2.47. The van der Waals surface area contributed by atoms with Crippen molar-refractivity contribution >= 4 is 30.2 Å². The molecule has 0 saturated carbocycles. The number of aromatic nitrogens is 2. The number of imidazole rings is 1. The molecule has 0 spiro atoms. The van der Waals surface area contributed by atoms with Crippen molar-refractivity contribution in [1.29, 1.82) is 0 Å². The van der Waals surface area contributed by atoms with Crippen molar-refractivity contribution in [3.8, 4) is 5.88 Å². The van der Waals surface area contributed by atoms with Crippen LogP contribution >= 0.6 is 12.2 Å². The lowest BCUT2D eigenvalue weighted by Gasteiger charge is -2.15. The molecule has 0 radical (unpaired) electrons. The van der Waals surface area contributed by atoms with Crippen LogP contribution in [-0.2, 0) is 0 Å². The molecule has 0 unspecified atom stereocenters. The van der Waals surface area contributed by atoms with Crippen molar-refractivity contribution in [1.82, 2.24) is 9.97 Å². The quantitative estimate of drug-likeness (QED) is 0.548. The predicted octanol–water partition coefficient (Wildman–Crippen LogP) is 1.87. The highest BCUT2D eigenvalue weighted by atomic mass is 32.1. The van der Waals surface area contributed by atoms with Gasteiger partial charge in [-0.05, 0) is 54.7 Å². The molecule has 6 heteroatoms. The van der Waals surface area contributed by atoms with Gasteiger partial charge < -0.3 is 15.1 Å². The number of H-pyrrole nitrogens is 2. The number of hydrogen-bond donors (Lipinski definition) is 3. The molecular weight excluding hydrogens is 320 g/mol. The number of aromatic amines is 2. The van der Waals surface area contributed by atoms with E-state index >= 15 is 0 Å². The number of piperidine rings is 1. The van der Waals surface area contributed by atoms with Gasteiger partial charge in [-0.25, -0.2) is 0 Å². The third kappa shape index (κ3) is 2.85. The van der Waals surface area contributed by atoms with E-state index in [4.69, 9.17) is 17.2 Å². The summed E-state index contributed by atoms with van der Waals surface area (Å²) in [4.78, 5) is 10.6. The van der Waals surface area contributed by atoms with Crippen molar-refractivity contribution in [3.05, 3.63) is 50.9 Å². The Kier molecular flexibility index (Phi) is 3.90. The molecule has 5 nitrogen and oxygen atoms in total. The number of fused-ring (bicyclic) bond motifs is 1. The fourth-order valence-corrected chi connectivity index (χ4v) is 3.44. The zero-order chi connectivity index (χ0) is 16.5. The maximum atomic E-state index is 9.99. The van der Waals surface area contributed by atoms with Crippen LogP contribution in [0.1, 0.15) is 25.0 Å². The standard InChI is InChI=1S/C18H18N4OS/c23-17-15(20-18(24)21-17)11-13-10-12-6-2-3-7-14(12)19-16(13)22-8-4-1-5-9-22/h2-3,6-7,10-11H,1,4-5,8-9H2,(H2,20,21,23,24)/p+1. The maximum absolute atomic E-state index is 9.99. The van der Waals surface area contributed by atoms with Crippen LogP contribution in [-0.4, -0.2) is 38.6 Å². The van der Waals surface area contributed by atoms with E-state index < -0.39 is 0 Å². The Labute approximate surface area is 144 Å². The van der Waals surface area contributed by atoms with Gasteiger partial charge in [-0.2, -0.15) is 0 Å². The number of amidine groups is 1. The summed E-state index contributed by atoms with van der Waals surface area (Å²) in [5.41, 5.74) is 1.56. The summed E-state index contributed by atoms with van der Waals surface area (Å²) < 4.78 is 2.74. The highest BCUT2D eigenvalue weighted by Gasteiger charge is 2.23. The van der Waals surface area contributed by atoms with Gasteiger partial charge in [-0.15, -0.1) is 0 Å². The predicted molar refractivity (Wildman–Crippen MR) is 96.2 cm³/mol. The first-order chi connectivity index (χ1) is 11.7. The van der Waals surface area contributed by atoms with E-state index in [0.717, 1.165) is 35.1 Å². The molecule has 0 bridgehead atoms. The molecule has 4 rings (SSSR count). The minimum absolute atomic E-state index is 0.0535. The fourth-order valence-electron chi connectivity index (χ4n) is 3.23. The lowest BCUT2D eigenvalue weighted by molar-refractivity contribution is -0.537. The van der Waals surface area contributed by atoms with Gasteiger partial charge in [0.25, 0.3) is 0 Å². The molecule has 2 aliphatic rings. The van der Waals surface area contributed by atoms with Crippen LogP contribution in [0.2, 0.25) is 0 Å². The van der Waals surface area contributed by atoms with E-state index in [9.17, 15) is 5.11 Å². The van der Waals surface area contributed by atoms with Gasteiger partial charge in [-0.1, -0.05) is 18.2 Å². The third-order valence-corrected chi connectivity index (χ3v) is 4.63. The molecule has 24 heavy (non-hydrogen) atoms. The molecule has 2 aromatic rings. The van der Waals surface area contributed by atoms with Crippen molar-refractivity contribution in [2.75, 3.05) is 13.1 Å². The minimum atomic E-state index is 0.0535. The normalized spacial score (nSPS) is 18.9. The van der Waals surface area contributed by atoms with E-state index in [-0.39, 0.29) is 5.88 Å². The number of nitrogens with zero attached hydrogens (tertiary/aromatic N) is 2. The van der Waals surface area contributed by atoms with Crippen LogP contribution in [0.4, 0.5) is 0 Å². The van der Waals surface area contributed by atoms with Gasteiger partial charge in [0.1, 0.15) is 5.69 Å². The van der Waals surface area contributed by atoms with Crippen LogP contribution in [0.25, 0.3) is 12.2 Å². The van der Waals surface area contributed by atoms with Gasteiger partial charge in [-0.3, -0.25) is 4.58 Å². The van der Waals surface area contributed by atoms with Gasteiger partial charge in [0.2, 0.25) is 5.88 Å². The Morgan fingerprint density at radius 3 is 2.67 bits per heavy atom. The van der Waals surface area contributed by atoms with Crippen molar-refractivity contribution in [2.24, 2.45) is 4.99 Å². The van der Waals surface area contributed by atoms with Crippen LogP contribution in [0.5, 0.6) is 5.88 Å². The SMILES string of the molecule is Oc1[nH]c(=S)[nH]c1/C=C1\C=c2ccccc2=NC1=[N+]1CCCCC1. The second-order valence-electron chi connectivity index (χ2n) is 6.13. The minimum Gasteiger partial charge on any atom is -0.493 e. The van der Waals surface area contributed by atoms with Gasteiger partial charge in [0.15, 0.2) is 10.1 Å². The average Bonchev–Trinajstić information content (AvgIpc) is 2.92. The molecule has 0 amide bonds. The highest BCUT2D eigenvalue weighted by Crippen LogP contribution is 2.18. The monoisotopic (exact) mass is 339 g/mol. The number of rotatable bonds is 1. The molecule has 2 aliphatic heterocycles. The van der Waals surface area contributed by atoms with Gasteiger partial charge in [0.05, 0.1) is 18.7 Å². The molecule has 1 fully saturated rings. The lowest BCUT2D eigenvalue weighted by Crippen LogP contribution is -2.35. The highest BCUT2D eigenvalue weighted by molar-refractivity contribution is 7.71. The molecule has 0 aliphatic carbocycles. The van der Waals surface area contributed by atoms with Crippen LogP contribution < -0.4 is 10.6 Å². The molecular formula is C18H19N4OS+. The van der Waals surface area contributed by atoms with E-state index in [2.05, 4.69) is 26.7 Å². The van der Waals surface area contributed by atoms with Crippen LogP contribution in [0, 0.1) is 4.77 Å². The number of benzene rings is 1. The van der Waals surface area contributed by atoms with E-state index in [1.165, 1.54) is 19.3 Å². The van der Waals surface area contributed by atoms with Crippen LogP contribution in [0.15, 0.2) is 34.8 Å². The summed E-state index contributed by atoms with van der Waals surface area (Å²) in [6, 6.07) is 8.11. The largest absolute Gasteiger partial charge is 0.493 e. The molecule has 1 aromatic carbocycles. The van der Waals surface area contributed by atoms with E-state index in [1.807, 2.05) is 24.3 Å². The zero-order valence-electron chi connectivity index (χ0n) is 13.2. The number of para-hydroxylation sites is 1. The first-order valence-corrected chi connectivity index (χ1v) is 8.62. The van der Waals surface area contributed by atoms with Crippen molar-refractivity contribution in [2.45, 2.75) is 19.3 Å². The topological polar surface area (TPSA) is 67.2 Å². The summed E-state index contributed by atoms with van der Waals surface area (Å²) in [6.45, 7) is 2.03. The van der Waals surface area contributed by atoms with Crippen molar-refractivity contribution < 1.29 is 9.68 Å². The Bertz CT molecular complexity index is 1020. The molecule has 1 saturated heterocycles. The second-order valence-corrected chi connectivity index (χ2v) is 6.54. The molecule has 0 atom stereocenters. The summed E-state index contributed by atoms with van der Waals surface area (Å²) in [6.07, 6.45) is 7.67. The molecule has 3 N–H and O–H groups in total. The Morgan fingerprint density at radius 2 is 1.92 bits per heavy atom. The first kappa shape index (κ1) is 15.1. The Balaban J connectivity index is 1.93. The number of aromatic hydroxyl groups is 1. The number of nitrogens with one attached hydrogen (secondary N) is 2. The number of hydrogen-bond acceptors (Lipinski definition) is 2. The summed E-state index contributed by atoms with van der Waals surface area (Å²) >= 11 is 5.05. The lowest BCUT2D eigenvalue weighted by atomic mass is 10.1. The summed E-state index contributed by atoms with van der Waals surface area (Å²) in [5, 5.41) is 12.1. The molecule has 122 valence electrons. The summed E-state index contributed by atoms with van der Waals surface area (Å²) in [5.74, 6) is 1.02. The van der Waals surface area contributed by atoms with Crippen LogP contribution in [0.3, 0.4) is 0 Å².